The number of hydrogen-bond donors (Lipinski definition) is 1. The first-order chi connectivity index (χ1) is 9.33. The summed E-state index contributed by atoms with van der Waals surface area (Å²) in [5, 5.41) is 12.1. The number of pyridine rings is 2. The fraction of sp³-hybridized carbons (Fsp3) is 0.214. The van der Waals surface area contributed by atoms with Crippen LogP contribution in [0, 0.1) is 11.3 Å². The summed E-state index contributed by atoms with van der Waals surface area (Å²) >= 11 is 0. The highest BCUT2D eigenvalue weighted by Gasteiger charge is 2.02. The minimum atomic E-state index is 0.429. The summed E-state index contributed by atoms with van der Waals surface area (Å²) in [6.45, 7) is 1.32. The van der Waals surface area contributed by atoms with Crippen molar-refractivity contribution in [2.45, 2.75) is 13.1 Å². The molecule has 5 nitrogen and oxygen atoms in total. The Morgan fingerprint density at radius 3 is 2.95 bits per heavy atom. The van der Waals surface area contributed by atoms with Crippen molar-refractivity contribution in [1.29, 1.82) is 5.26 Å². The second kappa shape index (κ2) is 6.47. The summed E-state index contributed by atoms with van der Waals surface area (Å²) < 4.78 is 5.18. The third kappa shape index (κ3) is 3.50. The smallest absolute Gasteiger partial charge is 0.217 e. The first kappa shape index (κ1) is 13.0. The van der Waals surface area contributed by atoms with Gasteiger partial charge < -0.3 is 10.1 Å². The molecule has 2 aromatic rings. The van der Waals surface area contributed by atoms with Crippen molar-refractivity contribution in [3.8, 4) is 11.9 Å². The van der Waals surface area contributed by atoms with Crippen molar-refractivity contribution in [2.24, 2.45) is 0 Å². The minimum absolute atomic E-state index is 0.429. The topological polar surface area (TPSA) is 70.8 Å². The lowest BCUT2D eigenvalue weighted by atomic mass is 10.2. The summed E-state index contributed by atoms with van der Waals surface area (Å²) in [6.07, 6.45) is 3.34. The molecule has 5 heteroatoms. The molecule has 0 saturated heterocycles. The predicted molar refractivity (Wildman–Crippen MR) is 70.3 cm³/mol. The number of ether oxygens (including phenoxy) is 1. The van der Waals surface area contributed by atoms with Crippen LogP contribution in [0.5, 0.6) is 5.88 Å². The van der Waals surface area contributed by atoms with Crippen LogP contribution in [0.15, 0.2) is 36.7 Å². The molecule has 0 aliphatic heterocycles. The number of rotatable bonds is 5. The molecule has 2 rings (SSSR count). The highest BCUT2D eigenvalue weighted by molar-refractivity contribution is 5.27. The van der Waals surface area contributed by atoms with Crippen LogP contribution < -0.4 is 10.1 Å². The lowest BCUT2D eigenvalue weighted by molar-refractivity contribution is 0.390. The van der Waals surface area contributed by atoms with Crippen LogP contribution in [0.3, 0.4) is 0 Å². The summed E-state index contributed by atoms with van der Waals surface area (Å²) in [4.78, 5) is 8.07. The maximum Gasteiger partial charge on any atom is 0.217 e. The molecule has 96 valence electrons. The Morgan fingerprint density at radius 1 is 1.26 bits per heavy atom. The fourth-order valence-corrected chi connectivity index (χ4v) is 1.73. The van der Waals surface area contributed by atoms with Crippen molar-refractivity contribution in [1.82, 2.24) is 15.3 Å². The van der Waals surface area contributed by atoms with Crippen LogP contribution in [-0.4, -0.2) is 17.1 Å². The normalized spacial score (nSPS) is 9.89. The van der Waals surface area contributed by atoms with Gasteiger partial charge >= 0.3 is 0 Å². The van der Waals surface area contributed by atoms with Gasteiger partial charge in [0, 0.05) is 31.0 Å². The second-order valence-corrected chi connectivity index (χ2v) is 3.94. The van der Waals surface area contributed by atoms with E-state index in [1.807, 2.05) is 24.3 Å². The van der Waals surface area contributed by atoms with Crippen molar-refractivity contribution >= 4 is 0 Å². The largest absolute Gasteiger partial charge is 0.481 e. The van der Waals surface area contributed by atoms with E-state index in [1.54, 1.807) is 25.6 Å². The number of nitrogens with zero attached hydrogens (tertiary/aromatic N) is 3. The third-order valence-corrected chi connectivity index (χ3v) is 2.63. The van der Waals surface area contributed by atoms with Crippen molar-refractivity contribution in [3.05, 3.63) is 53.5 Å². The Balaban J connectivity index is 1.94. The van der Waals surface area contributed by atoms with Crippen LogP contribution in [-0.2, 0) is 13.1 Å². The molecule has 1 N–H and O–H groups in total. The molecule has 2 aromatic heterocycles. The average molecular weight is 254 g/mol. The second-order valence-electron chi connectivity index (χ2n) is 3.94. The third-order valence-electron chi connectivity index (χ3n) is 2.63. The van der Waals surface area contributed by atoms with Gasteiger partial charge in [0.1, 0.15) is 11.8 Å². The van der Waals surface area contributed by atoms with Gasteiger partial charge in [0.05, 0.1) is 7.11 Å². The molecule has 0 unspecified atom stereocenters. The highest BCUT2D eigenvalue weighted by atomic mass is 16.5. The zero-order valence-corrected chi connectivity index (χ0v) is 10.6. The molecular formula is C14H14N4O. The Bertz CT molecular complexity index is 592. The maximum absolute atomic E-state index is 8.78. The van der Waals surface area contributed by atoms with Gasteiger partial charge in [0.2, 0.25) is 5.88 Å². The van der Waals surface area contributed by atoms with Crippen LogP contribution in [0.2, 0.25) is 0 Å². The SMILES string of the molecule is COc1ncccc1CNCc1ccnc(C#N)c1. The van der Waals surface area contributed by atoms with E-state index in [2.05, 4.69) is 15.3 Å². The predicted octanol–water partition coefficient (Wildman–Crippen LogP) is 1.65. The standard InChI is InChI=1S/C14H14N4O/c1-19-14-12(3-2-5-18-14)10-16-9-11-4-6-17-13(7-11)8-15/h2-7,16H,9-10H2,1H3. The van der Waals surface area contributed by atoms with E-state index in [0.29, 0.717) is 24.7 Å². The molecule has 0 amide bonds. The number of nitriles is 1. The summed E-state index contributed by atoms with van der Waals surface area (Å²) in [5.74, 6) is 0.627. The van der Waals surface area contributed by atoms with Crippen LogP contribution in [0.4, 0.5) is 0 Å². The molecule has 0 aliphatic carbocycles. The van der Waals surface area contributed by atoms with E-state index in [9.17, 15) is 0 Å². The van der Waals surface area contributed by atoms with Gasteiger partial charge in [-0.3, -0.25) is 0 Å². The first-order valence-electron chi connectivity index (χ1n) is 5.87. The molecule has 0 atom stereocenters. The van der Waals surface area contributed by atoms with E-state index in [0.717, 1.165) is 11.1 Å². The lowest BCUT2D eigenvalue weighted by Gasteiger charge is -2.08. The van der Waals surface area contributed by atoms with E-state index in [-0.39, 0.29) is 0 Å². The Labute approximate surface area is 111 Å². The molecule has 0 bridgehead atoms. The van der Waals surface area contributed by atoms with E-state index in [4.69, 9.17) is 10.00 Å². The molecule has 0 saturated carbocycles. The summed E-state index contributed by atoms with van der Waals surface area (Å²) in [6, 6.07) is 9.52. The molecule has 0 aromatic carbocycles. The highest BCUT2D eigenvalue weighted by Crippen LogP contribution is 2.13. The zero-order valence-electron chi connectivity index (χ0n) is 10.6. The van der Waals surface area contributed by atoms with Gasteiger partial charge in [0.25, 0.3) is 0 Å². The van der Waals surface area contributed by atoms with Gasteiger partial charge in [-0.25, -0.2) is 9.97 Å². The first-order valence-corrected chi connectivity index (χ1v) is 5.87. The van der Waals surface area contributed by atoms with Crippen molar-refractivity contribution < 1.29 is 4.74 Å². The van der Waals surface area contributed by atoms with Crippen molar-refractivity contribution in [2.75, 3.05) is 7.11 Å². The average Bonchev–Trinajstić information content (AvgIpc) is 2.48. The van der Waals surface area contributed by atoms with E-state index in [1.165, 1.54) is 0 Å². The molecule has 0 fully saturated rings. The van der Waals surface area contributed by atoms with E-state index < -0.39 is 0 Å². The lowest BCUT2D eigenvalue weighted by Crippen LogP contribution is -2.14. The fourth-order valence-electron chi connectivity index (χ4n) is 1.73. The monoisotopic (exact) mass is 254 g/mol. The van der Waals surface area contributed by atoms with Gasteiger partial charge in [-0.15, -0.1) is 0 Å². The maximum atomic E-state index is 8.78. The number of aromatic nitrogens is 2. The Kier molecular flexibility index (Phi) is 4.43. The molecular weight excluding hydrogens is 240 g/mol. The molecule has 0 radical (unpaired) electrons. The molecule has 2 heterocycles. The Morgan fingerprint density at radius 2 is 2.16 bits per heavy atom. The van der Waals surface area contributed by atoms with Gasteiger partial charge in [0.15, 0.2) is 0 Å². The van der Waals surface area contributed by atoms with E-state index >= 15 is 0 Å². The van der Waals surface area contributed by atoms with Gasteiger partial charge in [-0.1, -0.05) is 6.07 Å². The van der Waals surface area contributed by atoms with Crippen LogP contribution in [0.1, 0.15) is 16.8 Å². The molecule has 19 heavy (non-hydrogen) atoms. The van der Waals surface area contributed by atoms with Gasteiger partial charge in [-0.2, -0.15) is 5.26 Å². The zero-order chi connectivity index (χ0) is 13.5. The number of methoxy groups -OCH3 is 1. The van der Waals surface area contributed by atoms with Crippen LogP contribution in [0.25, 0.3) is 0 Å². The van der Waals surface area contributed by atoms with Crippen molar-refractivity contribution in [3.63, 3.8) is 0 Å². The number of nitrogens with one attached hydrogen (secondary N) is 1. The quantitative estimate of drug-likeness (QED) is 0.878. The summed E-state index contributed by atoms with van der Waals surface area (Å²) in [7, 11) is 1.61. The molecule has 0 aliphatic rings. The van der Waals surface area contributed by atoms with Crippen LogP contribution >= 0.6 is 0 Å². The summed E-state index contributed by atoms with van der Waals surface area (Å²) in [5.41, 5.74) is 2.45. The number of hydrogen-bond acceptors (Lipinski definition) is 5. The molecule has 0 spiro atoms. The Hall–Kier alpha value is -2.45. The van der Waals surface area contributed by atoms with Gasteiger partial charge in [-0.05, 0) is 23.8 Å². The minimum Gasteiger partial charge on any atom is -0.481 e.